The zero-order valence-corrected chi connectivity index (χ0v) is 14.6. The lowest BCUT2D eigenvalue weighted by Crippen LogP contribution is -2.20. The maximum Gasteiger partial charge on any atom is 0.178 e. The van der Waals surface area contributed by atoms with E-state index in [0.29, 0.717) is 5.75 Å². The first kappa shape index (κ1) is 20.9. The number of hydrogen-bond donors (Lipinski definition) is 1. The molecule has 0 fully saturated rings. The van der Waals surface area contributed by atoms with Crippen molar-refractivity contribution < 1.29 is 17.5 Å². The van der Waals surface area contributed by atoms with Gasteiger partial charge in [-0.05, 0) is 35.8 Å². The molecule has 0 aliphatic heterocycles. The molecule has 0 atom stereocenters. The fourth-order valence-corrected chi connectivity index (χ4v) is 3.59. The summed E-state index contributed by atoms with van der Waals surface area (Å²) in [4.78, 5) is 0.239. The largest absolute Gasteiger partial charge is 0.487 e. The smallest absolute Gasteiger partial charge is 0.178 e. The van der Waals surface area contributed by atoms with Gasteiger partial charge in [0.2, 0.25) is 0 Å². The molecule has 4 nitrogen and oxygen atoms in total. The molecule has 1 aromatic rings. The second kappa shape index (κ2) is 8.50. The minimum absolute atomic E-state index is 0. The highest BCUT2D eigenvalue weighted by molar-refractivity contribution is 7.91. The highest BCUT2D eigenvalue weighted by Gasteiger charge is 2.23. The second-order valence-corrected chi connectivity index (χ2v) is 7.96. The van der Waals surface area contributed by atoms with E-state index in [1.165, 1.54) is 30.3 Å². The van der Waals surface area contributed by atoms with Gasteiger partial charge in [-0.25, -0.2) is 12.8 Å². The molecular formula is C15H23ClFNO3S. The number of benzene rings is 1. The number of halogens is 2. The number of hydrogen-bond acceptors (Lipinski definition) is 4. The van der Waals surface area contributed by atoms with Gasteiger partial charge in [-0.15, -0.1) is 12.4 Å². The molecule has 0 aliphatic rings. The number of sulfone groups is 1. The predicted molar refractivity (Wildman–Crippen MR) is 88.9 cm³/mol. The van der Waals surface area contributed by atoms with Crippen LogP contribution in [0.5, 0.6) is 5.75 Å². The van der Waals surface area contributed by atoms with E-state index in [4.69, 9.17) is 10.5 Å². The van der Waals surface area contributed by atoms with Gasteiger partial charge in [0.25, 0.3) is 0 Å². The van der Waals surface area contributed by atoms with Crippen LogP contribution in [-0.4, -0.2) is 27.3 Å². The summed E-state index contributed by atoms with van der Waals surface area (Å²) in [6, 6.07) is 5.98. The van der Waals surface area contributed by atoms with E-state index >= 15 is 0 Å². The van der Waals surface area contributed by atoms with Gasteiger partial charge >= 0.3 is 0 Å². The van der Waals surface area contributed by atoms with E-state index in [0.717, 1.165) is 0 Å². The summed E-state index contributed by atoms with van der Waals surface area (Å²) in [5, 5.41) is 0. The van der Waals surface area contributed by atoms with Crippen LogP contribution in [0.15, 0.2) is 41.1 Å². The monoisotopic (exact) mass is 351 g/mol. The van der Waals surface area contributed by atoms with Gasteiger partial charge in [0, 0.05) is 6.54 Å². The molecule has 0 unspecified atom stereocenters. The number of nitrogens with two attached hydrogens (primary N) is 1. The molecule has 0 saturated heterocycles. The summed E-state index contributed by atoms with van der Waals surface area (Å²) in [6.45, 7) is 5.50. The van der Waals surface area contributed by atoms with Crippen LogP contribution in [0.2, 0.25) is 0 Å². The zero-order valence-electron chi connectivity index (χ0n) is 13.0. The third kappa shape index (κ3) is 7.24. The highest BCUT2D eigenvalue weighted by Crippen LogP contribution is 2.23. The molecule has 0 heterocycles. The average Bonchev–Trinajstić information content (AvgIpc) is 2.34. The molecule has 22 heavy (non-hydrogen) atoms. The Labute approximate surface area is 137 Å². The van der Waals surface area contributed by atoms with Gasteiger partial charge in [-0.3, -0.25) is 0 Å². The standard InChI is InChI=1S/C15H22FNO3S.ClH/c1-15(2,3)11-21(18,19)14-6-4-13(5-7-14)20-10-12(16)8-9-17;/h4-8H,9-11,17H2,1-3H3;1H. The fourth-order valence-electron chi connectivity index (χ4n) is 1.74. The Morgan fingerprint density at radius 1 is 1.27 bits per heavy atom. The molecule has 0 aliphatic carbocycles. The Morgan fingerprint density at radius 2 is 1.82 bits per heavy atom. The number of rotatable bonds is 6. The minimum atomic E-state index is -3.33. The predicted octanol–water partition coefficient (Wildman–Crippen LogP) is 3.12. The third-order valence-corrected chi connectivity index (χ3v) is 4.76. The summed E-state index contributed by atoms with van der Waals surface area (Å²) in [5.41, 5.74) is 4.86. The van der Waals surface area contributed by atoms with Gasteiger partial charge in [0.05, 0.1) is 10.6 Å². The molecule has 7 heteroatoms. The van der Waals surface area contributed by atoms with Crippen molar-refractivity contribution in [3.8, 4) is 5.75 Å². The quantitative estimate of drug-likeness (QED) is 0.854. The summed E-state index contributed by atoms with van der Waals surface area (Å²) in [7, 11) is -3.33. The van der Waals surface area contributed by atoms with Crippen molar-refractivity contribution in [2.24, 2.45) is 11.1 Å². The molecule has 0 aromatic heterocycles. The van der Waals surface area contributed by atoms with Crippen LogP contribution < -0.4 is 10.5 Å². The van der Waals surface area contributed by atoms with Gasteiger partial charge in [0.15, 0.2) is 9.84 Å². The van der Waals surface area contributed by atoms with E-state index < -0.39 is 15.7 Å². The molecule has 1 aromatic carbocycles. The Morgan fingerprint density at radius 3 is 2.27 bits per heavy atom. The van der Waals surface area contributed by atoms with Crippen molar-refractivity contribution in [3.05, 3.63) is 36.2 Å². The summed E-state index contributed by atoms with van der Waals surface area (Å²) >= 11 is 0. The first-order chi connectivity index (χ1) is 9.64. The molecule has 0 radical (unpaired) electrons. The zero-order chi connectivity index (χ0) is 16.1. The SMILES string of the molecule is CC(C)(C)CS(=O)(=O)c1ccc(OCC(F)=CCN)cc1.Cl. The molecule has 0 bridgehead atoms. The van der Waals surface area contributed by atoms with Crippen LogP contribution in [0.4, 0.5) is 4.39 Å². The Balaban J connectivity index is 0.00000441. The molecule has 0 amide bonds. The van der Waals surface area contributed by atoms with Gasteiger partial charge in [0.1, 0.15) is 18.2 Å². The molecule has 1 rings (SSSR count). The van der Waals surface area contributed by atoms with E-state index in [1.807, 2.05) is 20.8 Å². The normalized spacial score (nSPS) is 12.7. The van der Waals surface area contributed by atoms with Gasteiger partial charge in [-0.1, -0.05) is 20.8 Å². The fraction of sp³-hybridized carbons (Fsp3) is 0.467. The molecular weight excluding hydrogens is 329 g/mol. The van der Waals surface area contributed by atoms with Crippen molar-refractivity contribution in [1.82, 2.24) is 0 Å². The van der Waals surface area contributed by atoms with E-state index in [9.17, 15) is 12.8 Å². The lowest BCUT2D eigenvalue weighted by atomic mass is 10.0. The van der Waals surface area contributed by atoms with Crippen molar-refractivity contribution in [2.75, 3.05) is 18.9 Å². The molecule has 0 saturated carbocycles. The Hall–Kier alpha value is -1.11. The Kier molecular flexibility index (Phi) is 8.07. The maximum atomic E-state index is 13.1. The minimum Gasteiger partial charge on any atom is -0.487 e. The highest BCUT2D eigenvalue weighted by atomic mass is 35.5. The van der Waals surface area contributed by atoms with Gasteiger partial charge < -0.3 is 10.5 Å². The average molecular weight is 352 g/mol. The van der Waals surface area contributed by atoms with Crippen molar-refractivity contribution in [2.45, 2.75) is 25.7 Å². The molecule has 2 N–H and O–H groups in total. The van der Waals surface area contributed by atoms with Crippen LogP contribution in [0.3, 0.4) is 0 Å². The lowest BCUT2D eigenvalue weighted by Gasteiger charge is -2.18. The summed E-state index contributed by atoms with van der Waals surface area (Å²) in [5.74, 6) is 0.0147. The topological polar surface area (TPSA) is 69.4 Å². The van der Waals surface area contributed by atoms with Crippen LogP contribution >= 0.6 is 12.4 Å². The van der Waals surface area contributed by atoms with Crippen molar-refractivity contribution >= 4 is 22.2 Å². The van der Waals surface area contributed by atoms with E-state index in [-0.39, 0.29) is 41.6 Å². The Bertz CT molecular complexity index is 592. The van der Waals surface area contributed by atoms with Gasteiger partial charge in [-0.2, -0.15) is 0 Å². The van der Waals surface area contributed by atoms with Crippen LogP contribution in [0.1, 0.15) is 20.8 Å². The van der Waals surface area contributed by atoms with Crippen LogP contribution in [0.25, 0.3) is 0 Å². The maximum absolute atomic E-state index is 13.1. The number of ether oxygens (including phenoxy) is 1. The first-order valence-corrected chi connectivity index (χ1v) is 8.29. The summed E-state index contributed by atoms with van der Waals surface area (Å²) < 4.78 is 42.7. The van der Waals surface area contributed by atoms with E-state index in [1.54, 1.807) is 0 Å². The molecule has 126 valence electrons. The summed E-state index contributed by atoms with van der Waals surface area (Å²) in [6.07, 6.45) is 1.22. The van der Waals surface area contributed by atoms with Crippen LogP contribution in [-0.2, 0) is 9.84 Å². The second-order valence-electron chi connectivity index (χ2n) is 5.97. The van der Waals surface area contributed by atoms with Crippen molar-refractivity contribution in [1.29, 1.82) is 0 Å². The third-order valence-electron chi connectivity index (χ3n) is 2.52. The lowest BCUT2D eigenvalue weighted by molar-refractivity contribution is 0.318. The van der Waals surface area contributed by atoms with E-state index in [2.05, 4.69) is 0 Å². The van der Waals surface area contributed by atoms with Crippen molar-refractivity contribution in [3.63, 3.8) is 0 Å². The first-order valence-electron chi connectivity index (χ1n) is 6.64. The van der Waals surface area contributed by atoms with Crippen LogP contribution in [0, 0.1) is 5.41 Å². The molecule has 0 spiro atoms.